The molecule has 1 amide bonds. The maximum atomic E-state index is 12.9. The second-order valence-corrected chi connectivity index (χ2v) is 5.88. The Morgan fingerprint density at radius 1 is 1.22 bits per heavy atom. The Kier molecular flexibility index (Phi) is 3.05. The highest BCUT2D eigenvalue weighted by Crippen LogP contribution is 2.33. The Balaban J connectivity index is 1.80. The molecule has 1 aliphatic rings. The van der Waals surface area contributed by atoms with E-state index in [0.717, 1.165) is 23.1 Å². The van der Waals surface area contributed by atoms with Crippen LogP contribution in [0.2, 0.25) is 0 Å². The summed E-state index contributed by atoms with van der Waals surface area (Å²) in [5.74, 6) is -0.228. The fraction of sp³-hybridized carbons (Fsp3) is 0.158. The molecule has 0 radical (unpaired) electrons. The van der Waals surface area contributed by atoms with Crippen LogP contribution in [0, 0.1) is 6.92 Å². The van der Waals surface area contributed by atoms with E-state index in [0.29, 0.717) is 17.6 Å². The second kappa shape index (κ2) is 5.09. The van der Waals surface area contributed by atoms with Gasteiger partial charge in [-0.2, -0.15) is 0 Å². The van der Waals surface area contributed by atoms with E-state index in [1.807, 2.05) is 31.2 Å². The Hall–Kier alpha value is -2.88. The number of aryl methyl sites for hydroxylation is 1. The molecule has 0 aliphatic carbocycles. The Labute approximate surface area is 134 Å². The van der Waals surface area contributed by atoms with Gasteiger partial charge in [0.1, 0.15) is 5.52 Å². The molecule has 23 heavy (non-hydrogen) atoms. The number of rotatable bonds is 1. The smallest absolute Gasteiger partial charge is 0.262 e. The number of anilines is 1. The zero-order chi connectivity index (χ0) is 16.0. The van der Waals surface area contributed by atoms with Gasteiger partial charge in [0.05, 0.1) is 5.56 Å². The van der Waals surface area contributed by atoms with Crippen molar-refractivity contribution in [2.45, 2.75) is 13.3 Å². The number of fused-ring (bicyclic) bond motifs is 2. The topological polar surface area (TPSA) is 53.4 Å². The first-order valence-electron chi connectivity index (χ1n) is 7.63. The Morgan fingerprint density at radius 2 is 2.09 bits per heavy atom. The van der Waals surface area contributed by atoms with E-state index in [1.165, 1.54) is 5.56 Å². The standard InChI is InChI=1S/C19H16N2O2/c1-12-4-5-13-8-10-21(16(13)11-12)19(23)15-7-6-14-3-2-9-20-17(14)18(15)22/h2-7,9,11,22H,8,10H2,1H3. The second-order valence-electron chi connectivity index (χ2n) is 5.88. The SMILES string of the molecule is Cc1ccc2c(c1)N(C(=O)c1ccc3cccnc3c1O)CC2. The summed E-state index contributed by atoms with van der Waals surface area (Å²) in [5, 5.41) is 11.3. The van der Waals surface area contributed by atoms with Crippen LogP contribution in [0.15, 0.2) is 48.7 Å². The number of phenols is 1. The highest BCUT2D eigenvalue weighted by molar-refractivity contribution is 6.11. The highest BCUT2D eigenvalue weighted by Gasteiger charge is 2.27. The van der Waals surface area contributed by atoms with Crippen LogP contribution in [0.1, 0.15) is 21.5 Å². The molecule has 1 N–H and O–H groups in total. The van der Waals surface area contributed by atoms with Gasteiger partial charge in [-0.1, -0.05) is 24.3 Å². The number of aromatic hydroxyl groups is 1. The molecule has 4 rings (SSSR count). The molecule has 0 spiro atoms. The van der Waals surface area contributed by atoms with E-state index in [4.69, 9.17) is 0 Å². The molecular formula is C19H16N2O2. The molecule has 1 aliphatic heterocycles. The first-order chi connectivity index (χ1) is 11.1. The number of hydrogen-bond donors (Lipinski definition) is 1. The number of phenolic OH excluding ortho intramolecular Hbond substituents is 1. The molecule has 1 aromatic heterocycles. The molecule has 2 heterocycles. The summed E-state index contributed by atoms with van der Waals surface area (Å²) in [6, 6.07) is 13.3. The zero-order valence-electron chi connectivity index (χ0n) is 12.8. The number of aromatic nitrogens is 1. The molecule has 0 saturated heterocycles. The largest absolute Gasteiger partial charge is 0.505 e. The molecule has 0 atom stereocenters. The number of carbonyl (C=O) groups excluding carboxylic acids is 1. The van der Waals surface area contributed by atoms with Gasteiger partial charge in [0.2, 0.25) is 0 Å². The summed E-state index contributed by atoms with van der Waals surface area (Å²) in [6.07, 6.45) is 2.46. The van der Waals surface area contributed by atoms with E-state index >= 15 is 0 Å². The Morgan fingerprint density at radius 3 is 2.96 bits per heavy atom. The highest BCUT2D eigenvalue weighted by atomic mass is 16.3. The fourth-order valence-electron chi connectivity index (χ4n) is 3.15. The average molecular weight is 304 g/mol. The fourth-order valence-corrected chi connectivity index (χ4v) is 3.15. The lowest BCUT2D eigenvalue weighted by Crippen LogP contribution is -2.29. The average Bonchev–Trinajstić information content (AvgIpc) is 2.98. The van der Waals surface area contributed by atoms with Crippen LogP contribution < -0.4 is 4.90 Å². The van der Waals surface area contributed by atoms with E-state index in [-0.39, 0.29) is 11.7 Å². The van der Waals surface area contributed by atoms with Crippen molar-refractivity contribution in [3.8, 4) is 5.75 Å². The summed E-state index contributed by atoms with van der Waals surface area (Å²) < 4.78 is 0. The quantitative estimate of drug-likeness (QED) is 0.749. The van der Waals surface area contributed by atoms with Gasteiger partial charge in [-0.15, -0.1) is 0 Å². The van der Waals surface area contributed by atoms with E-state index in [1.54, 1.807) is 17.2 Å². The molecule has 4 heteroatoms. The normalized spacial score (nSPS) is 13.3. The number of amides is 1. The van der Waals surface area contributed by atoms with Gasteiger partial charge >= 0.3 is 0 Å². The molecule has 2 aromatic carbocycles. The van der Waals surface area contributed by atoms with Gasteiger partial charge in [0.25, 0.3) is 5.91 Å². The van der Waals surface area contributed by atoms with Gasteiger partial charge in [-0.05, 0) is 42.7 Å². The summed E-state index contributed by atoms with van der Waals surface area (Å²) in [4.78, 5) is 18.9. The minimum absolute atomic E-state index is 0.0470. The van der Waals surface area contributed by atoms with E-state index in [2.05, 4.69) is 17.1 Å². The van der Waals surface area contributed by atoms with Gasteiger partial charge in [0, 0.05) is 23.8 Å². The van der Waals surface area contributed by atoms with Gasteiger partial charge in [-0.25, -0.2) is 0 Å². The van der Waals surface area contributed by atoms with Crippen molar-refractivity contribution in [2.75, 3.05) is 11.4 Å². The molecule has 4 nitrogen and oxygen atoms in total. The third-order valence-electron chi connectivity index (χ3n) is 4.36. The lowest BCUT2D eigenvalue weighted by molar-refractivity contribution is 0.0987. The van der Waals surface area contributed by atoms with Gasteiger partial charge < -0.3 is 10.0 Å². The minimum Gasteiger partial charge on any atom is -0.505 e. The van der Waals surface area contributed by atoms with Gasteiger partial charge in [-0.3, -0.25) is 9.78 Å². The molecular weight excluding hydrogens is 288 g/mol. The van der Waals surface area contributed by atoms with Gasteiger partial charge in [0.15, 0.2) is 5.75 Å². The van der Waals surface area contributed by atoms with Crippen LogP contribution in [0.25, 0.3) is 10.9 Å². The third-order valence-corrected chi connectivity index (χ3v) is 4.36. The van der Waals surface area contributed by atoms with Crippen LogP contribution in [0.4, 0.5) is 5.69 Å². The Bertz CT molecular complexity index is 934. The van der Waals surface area contributed by atoms with E-state index < -0.39 is 0 Å². The molecule has 3 aromatic rings. The maximum Gasteiger partial charge on any atom is 0.262 e. The minimum atomic E-state index is -0.181. The van der Waals surface area contributed by atoms with Crippen LogP contribution in [-0.4, -0.2) is 22.5 Å². The number of pyridine rings is 1. The number of benzene rings is 2. The number of hydrogen-bond acceptors (Lipinski definition) is 3. The predicted octanol–water partition coefficient (Wildman–Crippen LogP) is 3.45. The molecule has 0 fully saturated rings. The van der Waals surface area contributed by atoms with Crippen molar-refractivity contribution in [3.63, 3.8) is 0 Å². The molecule has 0 unspecified atom stereocenters. The summed E-state index contributed by atoms with van der Waals surface area (Å²) in [7, 11) is 0. The lowest BCUT2D eigenvalue weighted by atomic mass is 10.1. The first kappa shape index (κ1) is 13.8. The summed E-state index contributed by atoms with van der Waals surface area (Å²) in [5.41, 5.74) is 3.98. The molecule has 0 saturated carbocycles. The maximum absolute atomic E-state index is 12.9. The van der Waals surface area contributed by atoms with Crippen LogP contribution in [-0.2, 0) is 6.42 Å². The summed E-state index contributed by atoms with van der Waals surface area (Å²) in [6.45, 7) is 2.65. The van der Waals surface area contributed by atoms with Crippen LogP contribution >= 0.6 is 0 Å². The molecule has 0 bridgehead atoms. The number of carbonyl (C=O) groups is 1. The van der Waals surface area contributed by atoms with Crippen molar-refractivity contribution in [3.05, 3.63) is 65.4 Å². The van der Waals surface area contributed by atoms with Crippen LogP contribution in [0.3, 0.4) is 0 Å². The van der Waals surface area contributed by atoms with Crippen molar-refractivity contribution < 1.29 is 9.90 Å². The zero-order valence-corrected chi connectivity index (χ0v) is 12.8. The van der Waals surface area contributed by atoms with Crippen molar-refractivity contribution in [1.82, 2.24) is 4.98 Å². The number of nitrogens with zero attached hydrogens (tertiary/aromatic N) is 2. The van der Waals surface area contributed by atoms with Crippen molar-refractivity contribution in [1.29, 1.82) is 0 Å². The predicted molar refractivity (Wildman–Crippen MR) is 90.0 cm³/mol. The van der Waals surface area contributed by atoms with Crippen LogP contribution in [0.5, 0.6) is 5.75 Å². The molecule has 114 valence electrons. The summed E-state index contributed by atoms with van der Waals surface area (Å²) >= 11 is 0. The van der Waals surface area contributed by atoms with E-state index in [9.17, 15) is 9.90 Å². The first-order valence-corrected chi connectivity index (χ1v) is 7.63. The lowest BCUT2D eigenvalue weighted by Gasteiger charge is -2.18. The monoisotopic (exact) mass is 304 g/mol. The van der Waals surface area contributed by atoms with Crippen molar-refractivity contribution in [2.24, 2.45) is 0 Å². The third kappa shape index (κ3) is 2.14. The van der Waals surface area contributed by atoms with Crippen molar-refractivity contribution >= 4 is 22.5 Å².